The molecule has 5 heteroatoms. The number of rotatable bonds is 1. The number of aliphatic imine (C=N–C) groups is 2. The molecule has 21 heavy (non-hydrogen) atoms. The molecule has 0 spiro atoms. The molecule has 1 heterocycles. The first kappa shape index (κ1) is 15.1. The van der Waals surface area contributed by atoms with Crippen molar-refractivity contribution in [2.75, 3.05) is 6.67 Å². The van der Waals surface area contributed by atoms with Crippen molar-refractivity contribution in [3.05, 3.63) is 41.0 Å². The van der Waals surface area contributed by atoms with E-state index >= 15 is 0 Å². The molecule has 0 aromatic heterocycles. The van der Waals surface area contributed by atoms with Gasteiger partial charge in [-0.2, -0.15) is 0 Å². The molecule has 0 radical (unpaired) electrons. The Morgan fingerprint density at radius 2 is 1.76 bits per heavy atom. The van der Waals surface area contributed by atoms with Crippen LogP contribution in [0.5, 0.6) is 0 Å². The summed E-state index contributed by atoms with van der Waals surface area (Å²) in [5.41, 5.74) is 15.6. The predicted molar refractivity (Wildman–Crippen MR) is 89.1 cm³/mol. The van der Waals surface area contributed by atoms with E-state index in [0.717, 1.165) is 5.56 Å². The zero-order chi connectivity index (χ0) is 15.6. The number of nitrogens with zero attached hydrogens (tertiary/aromatic N) is 2. The monoisotopic (exact) mass is 285 g/mol. The fraction of sp³-hybridized carbons (Fsp3) is 0.375. The summed E-state index contributed by atoms with van der Waals surface area (Å²) >= 11 is 0. The minimum Gasteiger partial charge on any atom is -0.398 e. The van der Waals surface area contributed by atoms with Crippen molar-refractivity contribution in [2.45, 2.75) is 33.2 Å². The van der Waals surface area contributed by atoms with Gasteiger partial charge >= 0.3 is 0 Å². The minimum absolute atomic E-state index is 0.130. The molecule has 0 bridgehead atoms. The molecule has 1 aliphatic rings. The molecular weight excluding hydrogens is 262 g/mol. The summed E-state index contributed by atoms with van der Waals surface area (Å²) in [5.74, 6) is 1.13. The lowest BCUT2D eigenvalue weighted by molar-refractivity contribution is 0.511. The van der Waals surface area contributed by atoms with Gasteiger partial charge in [-0.25, -0.2) is 9.98 Å². The molecule has 0 amide bonds. The van der Waals surface area contributed by atoms with Gasteiger partial charge in [0.2, 0.25) is 0 Å². The van der Waals surface area contributed by atoms with Crippen LogP contribution in [0.1, 0.15) is 31.9 Å². The van der Waals surface area contributed by atoms with Crippen molar-refractivity contribution in [1.82, 2.24) is 5.32 Å². The lowest BCUT2D eigenvalue weighted by atomic mass is 10.0. The Balaban J connectivity index is 2.46. The zero-order valence-corrected chi connectivity index (χ0v) is 13.1. The first-order valence-corrected chi connectivity index (χ1v) is 6.98. The summed E-state index contributed by atoms with van der Waals surface area (Å²) in [6, 6.07) is 8.00. The summed E-state index contributed by atoms with van der Waals surface area (Å²) in [6.45, 7) is 8.57. The summed E-state index contributed by atoms with van der Waals surface area (Å²) in [6.07, 6.45) is 0. The van der Waals surface area contributed by atoms with Crippen molar-refractivity contribution in [3.8, 4) is 0 Å². The molecule has 2 rings (SSSR count). The van der Waals surface area contributed by atoms with Gasteiger partial charge in [-0.1, -0.05) is 29.8 Å². The van der Waals surface area contributed by atoms with Gasteiger partial charge in [0.15, 0.2) is 0 Å². The van der Waals surface area contributed by atoms with Gasteiger partial charge in [0.1, 0.15) is 18.3 Å². The largest absolute Gasteiger partial charge is 0.398 e. The van der Waals surface area contributed by atoms with E-state index in [0.29, 0.717) is 29.6 Å². The number of benzene rings is 1. The van der Waals surface area contributed by atoms with Crippen LogP contribution in [0.25, 0.3) is 5.70 Å². The van der Waals surface area contributed by atoms with Gasteiger partial charge in [-0.3, -0.25) is 0 Å². The number of hydrogen-bond acceptors (Lipinski definition) is 5. The Hall–Kier alpha value is -2.30. The Kier molecular flexibility index (Phi) is 4.02. The Morgan fingerprint density at radius 3 is 2.33 bits per heavy atom. The van der Waals surface area contributed by atoms with Gasteiger partial charge in [-0.05, 0) is 33.3 Å². The van der Waals surface area contributed by atoms with Crippen LogP contribution in [-0.4, -0.2) is 23.9 Å². The van der Waals surface area contributed by atoms with E-state index in [2.05, 4.69) is 36.1 Å². The first-order chi connectivity index (χ1) is 9.78. The molecule has 1 aromatic rings. The average molecular weight is 285 g/mol. The molecule has 0 atom stereocenters. The highest BCUT2D eigenvalue weighted by Gasteiger charge is 2.23. The van der Waals surface area contributed by atoms with Crippen LogP contribution in [0.3, 0.4) is 0 Å². The normalized spacial score (nSPS) is 17.9. The number of nitrogens with two attached hydrogens (primary N) is 2. The number of nitrogens with one attached hydrogen (secondary N) is 1. The van der Waals surface area contributed by atoms with Crippen molar-refractivity contribution < 1.29 is 0 Å². The molecule has 0 saturated carbocycles. The Morgan fingerprint density at radius 1 is 1.14 bits per heavy atom. The molecule has 5 nitrogen and oxygen atoms in total. The van der Waals surface area contributed by atoms with Crippen molar-refractivity contribution in [2.24, 2.45) is 21.5 Å². The average Bonchev–Trinajstić information content (AvgIpc) is 2.37. The lowest BCUT2D eigenvalue weighted by Gasteiger charge is -2.27. The quantitative estimate of drug-likeness (QED) is 0.735. The van der Waals surface area contributed by atoms with Crippen molar-refractivity contribution in [3.63, 3.8) is 0 Å². The first-order valence-electron chi connectivity index (χ1n) is 6.98. The third-order valence-corrected chi connectivity index (χ3v) is 3.09. The fourth-order valence-electron chi connectivity index (χ4n) is 2.06. The van der Waals surface area contributed by atoms with E-state index in [1.165, 1.54) is 5.56 Å². The van der Waals surface area contributed by atoms with Crippen LogP contribution in [0.2, 0.25) is 0 Å². The standard InChI is InChI=1S/C16H23N5/c1-10-5-7-11(8-6-10)13(17)12-14(18)19-9-20-15(12)21-16(2,3)4/h5-8H,9,17H2,1-4H3,(H2,18,19)(H,20,21). The highest BCUT2D eigenvalue weighted by molar-refractivity contribution is 6.27. The molecule has 5 N–H and O–H groups in total. The topological polar surface area (TPSA) is 88.8 Å². The van der Waals surface area contributed by atoms with E-state index in [1.807, 2.05) is 31.2 Å². The van der Waals surface area contributed by atoms with Crippen molar-refractivity contribution in [1.29, 1.82) is 0 Å². The molecule has 0 unspecified atom stereocenters. The molecule has 0 aliphatic carbocycles. The Labute approximate surface area is 125 Å². The maximum Gasteiger partial charge on any atom is 0.136 e. The smallest absolute Gasteiger partial charge is 0.136 e. The fourth-order valence-corrected chi connectivity index (χ4v) is 2.06. The SMILES string of the molecule is Cc1ccc(C(N)=C2C(N)=NCN=C2NC(C)(C)C)cc1. The lowest BCUT2D eigenvalue weighted by Crippen LogP contribution is -2.45. The van der Waals surface area contributed by atoms with Crippen LogP contribution >= 0.6 is 0 Å². The number of aryl methyl sites for hydroxylation is 1. The van der Waals surface area contributed by atoms with Gasteiger partial charge in [0, 0.05) is 5.54 Å². The molecule has 1 aliphatic heterocycles. The highest BCUT2D eigenvalue weighted by Crippen LogP contribution is 2.18. The van der Waals surface area contributed by atoms with Gasteiger partial charge in [0.25, 0.3) is 0 Å². The van der Waals surface area contributed by atoms with Crippen molar-refractivity contribution >= 4 is 17.4 Å². The Bertz CT molecular complexity index is 615. The molecule has 0 fully saturated rings. The molecule has 0 saturated heterocycles. The number of hydrogen-bond donors (Lipinski definition) is 3. The van der Waals surface area contributed by atoms with E-state index in [1.54, 1.807) is 0 Å². The maximum atomic E-state index is 6.32. The zero-order valence-electron chi connectivity index (χ0n) is 13.1. The predicted octanol–water partition coefficient (Wildman–Crippen LogP) is 1.78. The third kappa shape index (κ3) is 3.62. The van der Waals surface area contributed by atoms with Crippen LogP contribution in [-0.2, 0) is 0 Å². The summed E-state index contributed by atoms with van der Waals surface area (Å²) in [5, 5.41) is 3.35. The van der Waals surface area contributed by atoms with Gasteiger partial charge in [0.05, 0.1) is 11.3 Å². The maximum absolute atomic E-state index is 6.32. The van der Waals surface area contributed by atoms with Gasteiger partial charge in [-0.15, -0.1) is 0 Å². The third-order valence-electron chi connectivity index (χ3n) is 3.09. The van der Waals surface area contributed by atoms with Crippen LogP contribution in [0, 0.1) is 6.92 Å². The second-order valence-corrected chi connectivity index (χ2v) is 6.22. The van der Waals surface area contributed by atoms with E-state index in [9.17, 15) is 0 Å². The highest BCUT2D eigenvalue weighted by atomic mass is 15.1. The van der Waals surface area contributed by atoms with Crippen LogP contribution in [0.15, 0.2) is 39.8 Å². The van der Waals surface area contributed by atoms with E-state index in [-0.39, 0.29) is 5.54 Å². The summed E-state index contributed by atoms with van der Waals surface area (Å²) < 4.78 is 0. The second kappa shape index (κ2) is 5.60. The van der Waals surface area contributed by atoms with Crippen LogP contribution in [0.4, 0.5) is 0 Å². The van der Waals surface area contributed by atoms with E-state index < -0.39 is 0 Å². The number of amidine groups is 2. The molecular formula is C16H23N5. The van der Waals surface area contributed by atoms with Crippen LogP contribution < -0.4 is 16.8 Å². The molecule has 1 aromatic carbocycles. The van der Waals surface area contributed by atoms with Gasteiger partial charge < -0.3 is 16.8 Å². The summed E-state index contributed by atoms with van der Waals surface area (Å²) in [4.78, 5) is 8.60. The summed E-state index contributed by atoms with van der Waals surface area (Å²) in [7, 11) is 0. The van der Waals surface area contributed by atoms with E-state index in [4.69, 9.17) is 11.5 Å². The second-order valence-electron chi connectivity index (χ2n) is 6.22. The minimum atomic E-state index is -0.130. The molecule has 112 valence electrons.